The van der Waals surface area contributed by atoms with Gasteiger partial charge in [0.1, 0.15) is 18.4 Å². The first-order valence-electron chi connectivity index (χ1n) is 11.9. The van der Waals surface area contributed by atoms with Crippen molar-refractivity contribution in [3.8, 4) is 17.6 Å². The standard InChI is InChI=1S/C29H27ClN2O5S/c1-3-4-15-37-24-10-12-25(13-11-24)38(35,36)31-27(29(33)34)17-22-19-32(18-21-6-8-23(30)9-7-21)28-14-5-20(2)16-26(22)28/h5-14,16,19,27,31H,15,17-18H2,1-2H3,(H,33,34)/t27-/m0/s1. The second kappa shape index (κ2) is 11.7. The van der Waals surface area contributed by atoms with E-state index >= 15 is 0 Å². The Balaban J connectivity index is 1.59. The first-order valence-corrected chi connectivity index (χ1v) is 13.7. The maximum atomic E-state index is 13.0. The first-order chi connectivity index (χ1) is 18.2. The summed E-state index contributed by atoms with van der Waals surface area (Å²) in [6, 6.07) is 17.9. The molecule has 2 N–H and O–H groups in total. The molecule has 4 aromatic rings. The third kappa shape index (κ3) is 6.56. The van der Waals surface area contributed by atoms with Crippen molar-refractivity contribution in [2.45, 2.75) is 37.8 Å². The predicted molar refractivity (Wildman–Crippen MR) is 148 cm³/mol. The number of sulfonamides is 1. The van der Waals surface area contributed by atoms with Gasteiger partial charge in [0.25, 0.3) is 0 Å². The van der Waals surface area contributed by atoms with Gasteiger partial charge in [0, 0.05) is 35.1 Å². The molecule has 1 aromatic heterocycles. The molecular formula is C29H27ClN2O5S. The molecule has 1 heterocycles. The summed E-state index contributed by atoms with van der Waals surface area (Å²) in [5, 5.41) is 11.4. The zero-order chi connectivity index (χ0) is 27.3. The Bertz CT molecular complexity index is 1620. The Hall–Kier alpha value is -3.77. The minimum absolute atomic E-state index is 0.0288. The number of ether oxygens (including phenoxy) is 1. The molecule has 1 atom stereocenters. The van der Waals surface area contributed by atoms with E-state index in [0.717, 1.165) is 27.6 Å². The SMILES string of the molecule is CC#CCOc1ccc(S(=O)(=O)N[C@@H](Cc2cn(Cc3ccc(Cl)cc3)c3ccc(C)cc23)C(=O)O)cc1. The fourth-order valence-electron chi connectivity index (χ4n) is 4.13. The predicted octanol–water partition coefficient (Wildman–Crippen LogP) is 5.03. The number of hydrogen-bond donors (Lipinski definition) is 2. The van der Waals surface area contributed by atoms with E-state index in [1.807, 2.05) is 60.2 Å². The summed E-state index contributed by atoms with van der Waals surface area (Å²) in [5.74, 6) is 4.67. The van der Waals surface area contributed by atoms with Crippen LogP contribution in [-0.4, -0.2) is 36.7 Å². The van der Waals surface area contributed by atoms with Crippen molar-refractivity contribution >= 4 is 38.5 Å². The van der Waals surface area contributed by atoms with Crippen LogP contribution in [0.4, 0.5) is 0 Å². The molecule has 0 aliphatic carbocycles. The van der Waals surface area contributed by atoms with Crippen LogP contribution in [0.25, 0.3) is 10.9 Å². The number of halogens is 1. The fourth-order valence-corrected chi connectivity index (χ4v) is 5.44. The molecule has 7 nitrogen and oxygen atoms in total. The number of carbonyl (C=O) groups is 1. The molecular weight excluding hydrogens is 524 g/mol. The number of aryl methyl sites for hydroxylation is 1. The number of hydrogen-bond acceptors (Lipinski definition) is 4. The van der Waals surface area contributed by atoms with Gasteiger partial charge in [-0.05, 0) is 73.5 Å². The normalized spacial score (nSPS) is 12.1. The van der Waals surface area contributed by atoms with Crippen molar-refractivity contribution in [2.75, 3.05) is 6.61 Å². The van der Waals surface area contributed by atoms with Crippen LogP contribution in [0, 0.1) is 18.8 Å². The molecule has 0 bridgehead atoms. The van der Waals surface area contributed by atoms with E-state index < -0.39 is 22.0 Å². The van der Waals surface area contributed by atoms with Crippen LogP contribution in [0.15, 0.2) is 77.8 Å². The van der Waals surface area contributed by atoms with Gasteiger partial charge in [-0.25, -0.2) is 8.42 Å². The summed E-state index contributed by atoms with van der Waals surface area (Å²) in [4.78, 5) is 12.1. The second-order valence-corrected chi connectivity index (χ2v) is 11.0. The van der Waals surface area contributed by atoms with Crippen molar-refractivity contribution < 1.29 is 23.1 Å². The van der Waals surface area contributed by atoms with Crippen molar-refractivity contribution in [1.29, 1.82) is 0 Å². The Kier molecular flexibility index (Phi) is 8.42. The van der Waals surface area contributed by atoms with Gasteiger partial charge in [0.15, 0.2) is 0 Å². The number of aromatic nitrogens is 1. The number of fused-ring (bicyclic) bond motifs is 1. The average Bonchev–Trinajstić information content (AvgIpc) is 3.21. The molecule has 196 valence electrons. The molecule has 0 saturated carbocycles. The van der Waals surface area contributed by atoms with Gasteiger partial charge in [-0.15, -0.1) is 5.92 Å². The monoisotopic (exact) mass is 550 g/mol. The van der Waals surface area contributed by atoms with Crippen LogP contribution in [0.1, 0.15) is 23.6 Å². The molecule has 38 heavy (non-hydrogen) atoms. The lowest BCUT2D eigenvalue weighted by molar-refractivity contribution is -0.138. The number of nitrogens with zero attached hydrogens (tertiary/aromatic N) is 1. The first kappa shape index (κ1) is 27.3. The maximum absolute atomic E-state index is 13.0. The Morgan fingerprint density at radius 1 is 1.11 bits per heavy atom. The molecule has 4 rings (SSSR count). The number of benzene rings is 3. The van der Waals surface area contributed by atoms with Crippen molar-refractivity contribution in [3.63, 3.8) is 0 Å². The van der Waals surface area contributed by atoms with Gasteiger partial charge >= 0.3 is 5.97 Å². The highest BCUT2D eigenvalue weighted by Crippen LogP contribution is 2.26. The number of carboxylic acids is 1. The molecule has 0 spiro atoms. The van der Waals surface area contributed by atoms with E-state index in [4.69, 9.17) is 16.3 Å². The summed E-state index contributed by atoms with van der Waals surface area (Å²) in [7, 11) is -4.11. The lowest BCUT2D eigenvalue weighted by Crippen LogP contribution is -2.42. The van der Waals surface area contributed by atoms with E-state index in [1.54, 1.807) is 6.92 Å². The molecule has 0 saturated heterocycles. The van der Waals surface area contributed by atoms with Crippen molar-refractivity contribution in [3.05, 3.63) is 94.6 Å². The molecule has 0 radical (unpaired) electrons. The Labute approximate surface area is 227 Å². The third-order valence-electron chi connectivity index (χ3n) is 6.03. The summed E-state index contributed by atoms with van der Waals surface area (Å²) in [6.07, 6.45) is 1.85. The Morgan fingerprint density at radius 3 is 2.47 bits per heavy atom. The van der Waals surface area contributed by atoms with Crippen LogP contribution in [0.3, 0.4) is 0 Å². The van der Waals surface area contributed by atoms with E-state index in [2.05, 4.69) is 16.6 Å². The molecule has 3 aromatic carbocycles. The highest BCUT2D eigenvalue weighted by molar-refractivity contribution is 7.89. The van der Waals surface area contributed by atoms with E-state index in [9.17, 15) is 18.3 Å². The summed E-state index contributed by atoms with van der Waals surface area (Å²) in [6.45, 7) is 4.40. The van der Waals surface area contributed by atoms with E-state index in [0.29, 0.717) is 17.3 Å². The zero-order valence-corrected chi connectivity index (χ0v) is 22.5. The van der Waals surface area contributed by atoms with Gasteiger partial charge in [-0.3, -0.25) is 4.79 Å². The maximum Gasteiger partial charge on any atom is 0.322 e. The molecule has 9 heteroatoms. The molecule has 0 fully saturated rings. The summed E-state index contributed by atoms with van der Waals surface area (Å²) < 4.78 is 35.9. The van der Waals surface area contributed by atoms with Crippen LogP contribution in [0.2, 0.25) is 5.02 Å². The van der Waals surface area contributed by atoms with Crippen LogP contribution in [-0.2, 0) is 27.8 Å². The van der Waals surface area contributed by atoms with Gasteiger partial charge in [-0.1, -0.05) is 41.3 Å². The van der Waals surface area contributed by atoms with E-state index in [-0.39, 0.29) is 17.9 Å². The third-order valence-corrected chi connectivity index (χ3v) is 7.77. The van der Waals surface area contributed by atoms with Crippen LogP contribution >= 0.6 is 11.6 Å². The molecule has 0 aliphatic rings. The van der Waals surface area contributed by atoms with Gasteiger partial charge in [-0.2, -0.15) is 4.72 Å². The van der Waals surface area contributed by atoms with Gasteiger partial charge in [0.05, 0.1) is 4.90 Å². The number of aliphatic carboxylic acids is 1. The Morgan fingerprint density at radius 2 is 1.82 bits per heavy atom. The summed E-state index contributed by atoms with van der Waals surface area (Å²) in [5.41, 5.74) is 3.70. The largest absolute Gasteiger partial charge is 0.481 e. The second-order valence-electron chi connectivity index (χ2n) is 8.83. The van der Waals surface area contributed by atoms with Crippen LogP contribution in [0.5, 0.6) is 5.75 Å². The van der Waals surface area contributed by atoms with E-state index in [1.165, 1.54) is 24.3 Å². The van der Waals surface area contributed by atoms with Crippen LogP contribution < -0.4 is 9.46 Å². The highest BCUT2D eigenvalue weighted by Gasteiger charge is 2.27. The summed E-state index contributed by atoms with van der Waals surface area (Å²) >= 11 is 6.02. The van der Waals surface area contributed by atoms with Crippen molar-refractivity contribution in [2.24, 2.45) is 0 Å². The average molecular weight is 551 g/mol. The lowest BCUT2D eigenvalue weighted by Gasteiger charge is -2.15. The minimum atomic E-state index is -4.11. The van der Waals surface area contributed by atoms with Crippen molar-refractivity contribution in [1.82, 2.24) is 9.29 Å². The topological polar surface area (TPSA) is 97.6 Å². The zero-order valence-electron chi connectivity index (χ0n) is 20.9. The molecule has 0 amide bonds. The number of rotatable bonds is 10. The number of carboxylic acid groups (broad SMARTS) is 1. The quantitative estimate of drug-likeness (QED) is 0.270. The fraction of sp³-hybridized carbons (Fsp3) is 0.207. The molecule has 0 unspecified atom stereocenters. The smallest absolute Gasteiger partial charge is 0.322 e. The van der Waals surface area contributed by atoms with Gasteiger partial charge in [0.2, 0.25) is 10.0 Å². The molecule has 0 aliphatic heterocycles. The van der Waals surface area contributed by atoms with Gasteiger partial charge < -0.3 is 14.4 Å². The lowest BCUT2D eigenvalue weighted by atomic mass is 10.0. The number of nitrogens with one attached hydrogen (secondary N) is 1. The minimum Gasteiger partial charge on any atom is -0.481 e. The highest BCUT2D eigenvalue weighted by atomic mass is 35.5.